The minimum absolute atomic E-state index is 0. The minimum Gasteiger partial charge on any atom is -0.339 e. The Morgan fingerprint density at radius 1 is 1.56 bits per heavy atom. The number of nitrogens with zero attached hydrogens (tertiary/aromatic N) is 1. The van der Waals surface area contributed by atoms with Crippen LogP contribution in [-0.4, -0.2) is 23.9 Å². The average Bonchev–Trinajstić information content (AvgIpc) is 2.61. The first-order valence-electron chi connectivity index (χ1n) is 5.10. The van der Waals surface area contributed by atoms with E-state index in [4.69, 9.17) is 5.73 Å². The summed E-state index contributed by atoms with van der Waals surface area (Å²) in [4.78, 5) is 15.9. The lowest BCUT2D eigenvalue weighted by molar-refractivity contribution is -0.131. The number of likely N-dealkylation sites (N-methyl/N-ethyl adjacent to an activating group) is 1. The summed E-state index contributed by atoms with van der Waals surface area (Å²) in [5, 5.41) is 0. The average molecular weight is 263 g/mol. The van der Waals surface area contributed by atoms with Gasteiger partial charge in [0.2, 0.25) is 5.91 Å². The maximum absolute atomic E-state index is 11.7. The van der Waals surface area contributed by atoms with Gasteiger partial charge in [-0.3, -0.25) is 4.79 Å². The zero-order valence-corrected chi connectivity index (χ0v) is 11.5. The predicted octanol–water partition coefficient (Wildman–Crippen LogP) is 2.17. The van der Waals surface area contributed by atoms with Crippen LogP contribution in [0, 0.1) is 6.92 Å². The van der Waals surface area contributed by atoms with Crippen molar-refractivity contribution in [1.82, 2.24) is 4.90 Å². The third-order valence-corrected chi connectivity index (χ3v) is 3.31. The maximum Gasteiger partial charge on any atom is 0.239 e. The molecule has 1 aromatic rings. The molecule has 0 aromatic carbocycles. The molecule has 0 aliphatic rings. The summed E-state index contributed by atoms with van der Waals surface area (Å²) in [6.45, 7) is 4.64. The Morgan fingerprint density at radius 2 is 2.19 bits per heavy atom. The monoisotopic (exact) mass is 262 g/mol. The molecule has 1 heterocycles. The largest absolute Gasteiger partial charge is 0.339 e. The summed E-state index contributed by atoms with van der Waals surface area (Å²) in [5.41, 5.74) is 5.69. The third kappa shape index (κ3) is 4.12. The fraction of sp³-hybridized carbons (Fsp3) is 0.545. The maximum atomic E-state index is 11.7. The molecule has 92 valence electrons. The van der Waals surface area contributed by atoms with Gasteiger partial charge in [0.15, 0.2) is 0 Å². The second-order valence-corrected chi connectivity index (χ2v) is 5.09. The first kappa shape index (κ1) is 15.4. The van der Waals surface area contributed by atoms with Gasteiger partial charge in [-0.1, -0.05) is 6.92 Å². The molecule has 0 saturated carbocycles. The van der Waals surface area contributed by atoms with E-state index < -0.39 is 0 Å². The number of carbonyl (C=O) groups excluding carboxylic acids is 1. The number of halogens is 1. The van der Waals surface area contributed by atoms with Gasteiger partial charge in [0.05, 0.1) is 12.6 Å². The molecule has 1 amide bonds. The number of carbonyl (C=O) groups is 1. The third-order valence-electron chi connectivity index (χ3n) is 2.32. The van der Waals surface area contributed by atoms with Crippen molar-refractivity contribution in [2.75, 3.05) is 7.05 Å². The first-order chi connectivity index (χ1) is 7.04. The highest BCUT2D eigenvalue weighted by Crippen LogP contribution is 2.16. The summed E-state index contributed by atoms with van der Waals surface area (Å²) in [6, 6.07) is 3.76. The number of nitrogens with two attached hydrogens (primary N) is 1. The first-order valence-corrected chi connectivity index (χ1v) is 5.92. The number of hydrogen-bond donors (Lipinski definition) is 1. The van der Waals surface area contributed by atoms with Crippen molar-refractivity contribution in [2.45, 2.75) is 32.9 Å². The molecule has 0 spiro atoms. The lowest BCUT2D eigenvalue weighted by Gasteiger charge is -2.19. The van der Waals surface area contributed by atoms with Crippen molar-refractivity contribution in [1.29, 1.82) is 0 Å². The smallest absolute Gasteiger partial charge is 0.239 e. The van der Waals surface area contributed by atoms with Gasteiger partial charge in [-0.15, -0.1) is 23.7 Å². The molecule has 0 unspecified atom stereocenters. The van der Waals surface area contributed by atoms with Crippen LogP contribution < -0.4 is 5.73 Å². The molecule has 0 aliphatic carbocycles. The van der Waals surface area contributed by atoms with E-state index in [9.17, 15) is 4.79 Å². The van der Waals surface area contributed by atoms with Crippen LogP contribution in [0.4, 0.5) is 0 Å². The number of hydrogen-bond acceptors (Lipinski definition) is 3. The molecule has 3 nitrogen and oxygen atoms in total. The highest BCUT2D eigenvalue weighted by molar-refractivity contribution is 7.11. The van der Waals surface area contributed by atoms with E-state index in [1.165, 1.54) is 9.75 Å². The predicted molar refractivity (Wildman–Crippen MR) is 71.0 cm³/mol. The van der Waals surface area contributed by atoms with Crippen molar-refractivity contribution < 1.29 is 4.79 Å². The van der Waals surface area contributed by atoms with Gasteiger partial charge < -0.3 is 10.6 Å². The van der Waals surface area contributed by atoms with Crippen LogP contribution in [-0.2, 0) is 11.3 Å². The molecule has 0 aliphatic heterocycles. The van der Waals surface area contributed by atoms with Gasteiger partial charge in [-0.2, -0.15) is 0 Å². The Bertz CT molecular complexity index is 340. The van der Waals surface area contributed by atoms with Crippen LogP contribution in [0.25, 0.3) is 0 Å². The Morgan fingerprint density at radius 3 is 2.62 bits per heavy atom. The van der Waals surface area contributed by atoms with Gasteiger partial charge in [-0.25, -0.2) is 0 Å². The van der Waals surface area contributed by atoms with E-state index in [0.29, 0.717) is 13.0 Å². The molecular weight excluding hydrogens is 244 g/mol. The molecule has 2 N–H and O–H groups in total. The number of amides is 1. The summed E-state index contributed by atoms with van der Waals surface area (Å²) >= 11 is 1.72. The fourth-order valence-corrected chi connectivity index (χ4v) is 2.28. The number of rotatable bonds is 4. The number of aryl methyl sites for hydroxylation is 1. The lowest BCUT2D eigenvalue weighted by Crippen LogP contribution is -2.40. The normalized spacial score (nSPS) is 11.8. The summed E-state index contributed by atoms with van der Waals surface area (Å²) in [7, 11) is 1.80. The van der Waals surface area contributed by atoms with Crippen molar-refractivity contribution in [3.63, 3.8) is 0 Å². The molecule has 0 saturated heterocycles. The Balaban J connectivity index is 0.00000225. The highest BCUT2D eigenvalue weighted by Gasteiger charge is 2.16. The molecule has 0 radical (unpaired) electrons. The summed E-state index contributed by atoms with van der Waals surface area (Å²) in [5.74, 6) is 0.0172. The molecule has 1 rings (SSSR count). The van der Waals surface area contributed by atoms with Crippen LogP contribution in [0.15, 0.2) is 12.1 Å². The molecule has 1 aromatic heterocycles. The molecule has 5 heteroatoms. The van der Waals surface area contributed by atoms with Crippen LogP contribution in [0.5, 0.6) is 0 Å². The SMILES string of the molecule is CC[C@H](N)C(=O)N(C)Cc1ccc(C)s1.Cl. The van der Waals surface area contributed by atoms with Crippen LogP contribution in [0.1, 0.15) is 23.1 Å². The molecular formula is C11H19ClN2OS. The van der Waals surface area contributed by atoms with Crippen molar-refractivity contribution in [2.24, 2.45) is 5.73 Å². The van der Waals surface area contributed by atoms with E-state index in [0.717, 1.165) is 0 Å². The van der Waals surface area contributed by atoms with Gasteiger partial charge in [-0.05, 0) is 25.5 Å². The van der Waals surface area contributed by atoms with E-state index in [1.54, 1.807) is 23.3 Å². The van der Waals surface area contributed by atoms with E-state index in [-0.39, 0.29) is 24.4 Å². The van der Waals surface area contributed by atoms with E-state index in [2.05, 4.69) is 19.1 Å². The molecule has 0 bridgehead atoms. The van der Waals surface area contributed by atoms with Crippen molar-refractivity contribution in [3.05, 3.63) is 21.9 Å². The topological polar surface area (TPSA) is 46.3 Å². The summed E-state index contributed by atoms with van der Waals surface area (Å²) in [6.07, 6.45) is 0.687. The van der Waals surface area contributed by atoms with Crippen LogP contribution in [0.2, 0.25) is 0 Å². The standard InChI is InChI=1S/C11H18N2OS.ClH/c1-4-10(12)11(14)13(3)7-9-6-5-8(2)15-9;/h5-6,10H,4,7,12H2,1-3H3;1H/t10-;/m0./s1. The van der Waals surface area contributed by atoms with E-state index in [1.807, 2.05) is 6.92 Å². The van der Waals surface area contributed by atoms with Gasteiger partial charge >= 0.3 is 0 Å². The Kier molecular flexibility index (Phi) is 6.64. The zero-order valence-electron chi connectivity index (χ0n) is 9.90. The molecule has 0 fully saturated rings. The van der Waals surface area contributed by atoms with Gasteiger partial charge in [0, 0.05) is 16.8 Å². The fourth-order valence-electron chi connectivity index (χ4n) is 1.34. The van der Waals surface area contributed by atoms with Crippen molar-refractivity contribution in [3.8, 4) is 0 Å². The number of thiophene rings is 1. The molecule has 16 heavy (non-hydrogen) atoms. The Hall–Kier alpha value is -0.580. The van der Waals surface area contributed by atoms with E-state index >= 15 is 0 Å². The Labute approximate surface area is 107 Å². The second-order valence-electron chi connectivity index (χ2n) is 3.72. The minimum atomic E-state index is -0.365. The highest BCUT2D eigenvalue weighted by atomic mass is 35.5. The van der Waals surface area contributed by atoms with Gasteiger partial charge in [0.1, 0.15) is 0 Å². The second kappa shape index (κ2) is 6.89. The van der Waals surface area contributed by atoms with Crippen molar-refractivity contribution >= 4 is 29.7 Å². The van der Waals surface area contributed by atoms with Gasteiger partial charge in [0.25, 0.3) is 0 Å². The van der Waals surface area contributed by atoms with Crippen LogP contribution in [0.3, 0.4) is 0 Å². The zero-order chi connectivity index (χ0) is 11.4. The summed E-state index contributed by atoms with van der Waals surface area (Å²) < 4.78 is 0. The van der Waals surface area contributed by atoms with Crippen LogP contribution >= 0.6 is 23.7 Å². The lowest BCUT2D eigenvalue weighted by atomic mass is 10.2. The molecule has 1 atom stereocenters. The quantitative estimate of drug-likeness (QED) is 0.904.